The number of nitrogens with zero attached hydrogens (tertiary/aromatic N) is 2. The molecule has 0 unspecified atom stereocenters. The highest BCUT2D eigenvalue weighted by atomic mass is 79.9. The summed E-state index contributed by atoms with van der Waals surface area (Å²) in [6.07, 6.45) is 3.87. The van der Waals surface area contributed by atoms with Crippen molar-refractivity contribution in [3.05, 3.63) is 28.1 Å². The van der Waals surface area contributed by atoms with Crippen LogP contribution in [0.1, 0.15) is 19.9 Å². The lowest BCUT2D eigenvalue weighted by molar-refractivity contribution is 0.621. The van der Waals surface area contributed by atoms with Gasteiger partial charge in [0.1, 0.15) is 5.15 Å². The van der Waals surface area contributed by atoms with Gasteiger partial charge in [0.25, 0.3) is 0 Å². The van der Waals surface area contributed by atoms with Gasteiger partial charge in [0, 0.05) is 22.1 Å². The van der Waals surface area contributed by atoms with Crippen LogP contribution in [0, 0.1) is 0 Å². The first-order valence-corrected chi connectivity index (χ1v) is 5.58. The van der Waals surface area contributed by atoms with Gasteiger partial charge in [-0.1, -0.05) is 11.6 Å². The lowest BCUT2D eigenvalue weighted by Crippen LogP contribution is -1.97. The zero-order valence-corrected chi connectivity index (χ0v) is 10.3. The van der Waals surface area contributed by atoms with Crippen LogP contribution in [0.15, 0.2) is 22.9 Å². The van der Waals surface area contributed by atoms with Crippen molar-refractivity contribution in [2.45, 2.75) is 19.9 Å². The van der Waals surface area contributed by atoms with Gasteiger partial charge in [-0.15, -0.1) is 0 Å². The Bertz CT molecular complexity index is 476. The van der Waals surface area contributed by atoms with Gasteiger partial charge >= 0.3 is 0 Å². The van der Waals surface area contributed by atoms with Gasteiger partial charge in [0.2, 0.25) is 0 Å². The molecule has 0 bridgehead atoms. The highest BCUT2D eigenvalue weighted by Gasteiger charge is 2.09. The maximum atomic E-state index is 5.84. The summed E-state index contributed by atoms with van der Waals surface area (Å²) in [4.78, 5) is 4.09. The Kier molecular flexibility index (Phi) is 2.54. The van der Waals surface area contributed by atoms with Gasteiger partial charge in [-0.2, -0.15) is 0 Å². The fraction of sp³-hybridized carbons (Fsp3) is 0.300. The summed E-state index contributed by atoms with van der Waals surface area (Å²) in [7, 11) is 0. The molecule has 2 heterocycles. The van der Waals surface area contributed by atoms with E-state index in [9.17, 15) is 0 Å². The van der Waals surface area contributed by atoms with Crippen molar-refractivity contribution in [3.63, 3.8) is 0 Å². The van der Waals surface area contributed by atoms with Gasteiger partial charge < -0.3 is 4.57 Å². The Morgan fingerprint density at radius 3 is 2.86 bits per heavy atom. The van der Waals surface area contributed by atoms with E-state index in [4.69, 9.17) is 11.6 Å². The van der Waals surface area contributed by atoms with E-state index in [0.717, 1.165) is 15.4 Å². The summed E-state index contributed by atoms with van der Waals surface area (Å²) >= 11 is 9.35. The summed E-state index contributed by atoms with van der Waals surface area (Å²) in [5, 5.41) is 1.64. The van der Waals surface area contributed by atoms with Crippen LogP contribution in [-0.4, -0.2) is 9.55 Å². The van der Waals surface area contributed by atoms with Gasteiger partial charge in [-0.3, -0.25) is 0 Å². The molecule has 0 spiro atoms. The number of hydrogen-bond donors (Lipinski definition) is 0. The second-order valence-corrected chi connectivity index (χ2v) is 4.74. The van der Waals surface area contributed by atoms with Crippen molar-refractivity contribution in [1.82, 2.24) is 9.55 Å². The molecular formula is C10H10BrClN2. The molecule has 0 fully saturated rings. The summed E-state index contributed by atoms with van der Waals surface area (Å²) in [6.45, 7) is 4.28. The molecule has 14 heavy (non-hydrogen) atoms. The third-order valence-electron chi connectivity index (χ3n) is 2.19. The van der Waals surface area contributed by atoms with Gasteiger partial charge in [0.15, 0.2) is 0 Å². The Labute approximate surface area is 96.0 Å². The van der Waals surface area contributed by atoms with E-state index in [-0.39, 0.29) is 0 Å². The molecule has 0 aliphatic heterocycles. The van der Waals surface area contributed by atoms with E-state index >= 15 is 0 Å². The number of rotatable bonds is 1. The first-order chi connectivity index (χ1) is 6.59. The standard InChI is InChI=1S/C10H10BrClN2/c1-6(2)14-5-8(11)7-3-10(12)13-4-9(7)14/h3-6H,1-2H3. The number of fused-ring (bicyclic) bond motifs is 1. The lowest BCUT2D eigenvalue weighted by Gasteiger charge is -2.08. The van der Waals surface area contributed by atoms with E-state index in [1.165, 1.54) is 0 Å². The lowest BCUT2D eigenvalue weighted by atomic mass is 10.3. The number of aromatic nitrogens is 2. The van der Waals surface area contributed by atoms with Crippen LogP contribution in [-0.2, 0) is 0 Å². The fourth-order valence-electron chi connectivity index (χ4n) is 1.51. The average molecular weight is 274 g/mol. The molecule has 2 aromatic heterocycles. The predicted octanol–water partition coefficient (Wildman–Crippen LogP) is 4.03. The normalized spacial score (nSPS) is 11.5. The van der Waals surface area contributed by atoms with Gasteiger partial charge in [0.05, 0.1) is 11.7 Å². The van der Waals surface area contributed by atoms with Crippen LogP contribution in [0.3, 0.4) is 0 Å². The monoisotopic (exact) mass is 272 g/mol. The van der Waals surface area contributed by atoms with Crippen molar-refractivity contribution in [2.24, 2.45) is 0 Å². The number of hydrogen-bond acceptors (Lipinski definition) is 1. The summed E-state index contributed by atoms with van der Waals surface area (Å²) < 4.78 is 3.23. The van der Waals surface area contributed by atoms with E-state index < -0.39 is 0 Å². The van der Waals surface area contributed by atoms with Gasteiger partial charge in [-0.25, -0.2) is 4.98 Å². The Balaban J connectivity index is 2.77. The predicted molar refractivity (Wildman–Crippen MR) is 62.8 cm³/mol. The Morgan fingerprint density at radius 2 is 2.21 bits per heavy atom. The van der Waals surface area contributed by atoms with Crippen molar-refractivity contribution < 1.29 is 0 Å². The van der Waals surface area contributed by atoms with E-state index in [1.54, 1.807) is 0 Å². The molecule has 0 saturated heterocycles. The zero-order valence-electron chi connectivity index (χ0n) is 7.96. The third kappa shape index (κ3) is 1.55. The first-order valence-electron chi connectivity index (χ1n) is 4.41. The molecule has 0 atom stereocenters. The molecule has 74 valence electrons. The molecule has 2 rings (SSSR count). The second-order valence-electron chi connectivity index (χ2n) is 3.50. The second kappa shape index (κ2) is 3.55. The maximum Gasteiger partial charge on any atom is 0.129 e. The molecule has 0 aromatic carbocycles. The fourth-order valence-corrected chi connectivity index (χ4v) is 2.20. The Morgan fingerprint density at radius 1 is 1.50 bits per heavy atom. The highest BCUT2D eigenvalue weighted by Crippen LogP contribution is 2.29. The molecular weight excluding hydrogens is 263 g/mol. The molecule has 0 aliphatic rings. The van der Waals surface area contributed by atoms with Gasteiger partial charge in [-0.05, 0) is 35.8 Å². The van der Waals surface area contributed by atoms with E-state index in [2.05, 4.69) is 45.5 Å². The quantitative estimate of drug-likeness (QED) is 0.717. The Hall–Kier alpha value is -0.540. The van der Waals surface area contributed by atoms with E-state index in [1.807, 2.05) is 12.3 Å². The SMILES string of the molecule is CC(C)n1cc(Br)c2cc(Cl)ncc21. The van der Waals surface area contributed by atoms with Crippen LogP contribution < -0.4 is 0 Å². The van der Waals surface area contributed by atoms with Crippen molar-refractivity contribution >= 4 is 38.4 Å². The smallest absolute Gasteiger partial charge is 0.129 e. The number of halogens is 2. The molecule has 0 amide bonds. The van der Waals surface area contributed by atoms with Crippen molar-refractivity contribution in [3.8, 4) is 0 Å². The van der Waals surface area contributed by atoms with Crippen LogP contribution in [0.5, 0.6) is 0 Å². The molecule has 0 saturated carbocycles. The van der Waals surface area contributed by atoms with Crippen molar-refractivity contribution in [2.75, 3.05) is 0 Å². The molecule has 2 nitrogen and oxygen atoms in total. The average Bonchev–Trinajstić information content (AvgIpc) is 2.44. The molecule has 0 aliphatic carbocycles. The molecule has 0 radical (unpaired) electrons. The third-order valence-corrected chi connectivity index (χ3v) is 3.03. The molecule has 4 heteroatoms. The molecule has 0 N–H and O–H groups in total. The minimum atomic E-state index is 0.423. The minimum Gasteiger partial charge on any atom is -0.343 e. The maximum absolute atomic E-state index is 5.84. The summed E-state index contributed by atoms with van der Waals surface area (Å²) in [5.41, 5.74) is 1.11. The summed E-state index contributed by atoms with van der Waals surface area (Å²) in [6, 6.07) is 2.30. The topological polar surface area (TPSA) is 17.8 Å². The van der Waals surface area contributed by atoms with Crippen molar-refractivity contribution in [1.29, 1.82) is 0 Å². The number of pyridine rings is 1. The van der Waals surface area contributed by atoms with Crippen LogP contribution in [0.4, 0.5) is 0 Å². The van der Waals surface area contributed by atoms with E-state index in [0.29, 0.717) is 11.2 Å². The largest absolute Gasteiger partial charge is 0.343 e. The van der Waals surface area contributed by atoms with Crippen LogP contribution in [0.2, 0.25) is 5.15 Å². The highest BCUT2D eigenvalue weighted by molar-refractivity contribution is 9.10. The van der Waals surface area contributed by atoms with Crippen LogP contribution >= 0.6 is 27.5 Å². The van der Waals surface area contributed by atoms with Crippen LogP contribution in [0.25, 0.3) is 10.9 Å². The minimum absolute atomic E-state index is 0.423. The molecule has 2 aromatic rings. The zero-order chi connectivity index (χ0) is 10.3. The first kappa shape index (κ1) is 9.99. The summed E-state index contributed by atoms with van der Waals surface area (Å²) in [5.74, 6) is 0.